The predicted molar refractivity (Wildman–Crippen MR) is 108 cm³/mol. The predicted octanol–water partition coefficient (Wildman–Crippen LogP) is 3.92. The fourth-order valence-electron chi connectivity index (χ4n) is 2.24. The van der Waals surface area contributed by atoms with E-state index in [0.29, 0.717) is 5.75 Å². The number of carbonyl (C=O) groups excluding carboxylic acids is 1. The number of amides is 1. The van der Waals surface area contributed by atoms with Gasteiger partial charge in [-0.3, -0.25) is 20.2 Å². The summed E-state index contributed by atoms with van der Waals surface area (Å²) in [4.78, 5) is 22.0. The van der Waals surface area contributed by atoms with E-state index in [0.717, 1.165) is 23.8 Å². The number of nitrogens with one attached hydrogen (secondary N) is 2. The summed E-state index contributed by atoms with van der Waals surface area (Å²) in [6.07, 6.45) is 0. The van der Waals surface area contributed by atoms with Crippen LogP contribution in [0.5, 0.6) is 5.75 Å². The van der Waals surface area contributed by atoms with E-state index in [1.807, 2.05) is 12.1 Å². The molecule has 1 amide bonds. The minimum absolute atomic E-state index is 0.00947. The third-order valence-electron chi connectivity index (χ3n) is 3.75. The van der Waals surface area contributed by atoms with Gasteiger partial charge >= 0.3 is 0 Å². The molecule has 0 bridgehead atoms. The summed E-state index contributed by atoms with van der Waals surface area (Å²) >= 11 is 4.93. The zero-order chi connectivity index (χ0) is 20.9. The van der Waals surface area contributed by atoms with Crippen molar-refractivity contribution in [3.8, 4) is 5.75 Å². The van der Waals surface area contributed by atoms with Gasteiger partial charge in [0.05, 0.1) is 10.6 Å². The smallest absolute Gasteiger partial charge is 0.271 e. The van der Waals surface area contributed by atoms with Crippen molar-refractivity contribution in [2.45, 2.75) is 26.2 Å². The number of hydrogen-bond donors (Lipinski definition) is 2. The monoisotopic (exact) mass is 405 g/mol. The van der Waals surface area contributed by atoms with Crippen LogP contribution < -0.4 is 15.4 Å². The lowest BCUT2D eigenvalue weighted by atomic mass is 9.87. The minimum Gasteiger partial charge on any atom is -0.484 e. The van der Waals surface area contributed by atoms with Gasteiger partial charge in [-0.25, -0.2) is 4.39 Å². The Kier molecular flexibility index (Phi) is 6.63. The van der Waals surface area contributed by atoms with Crippen LogP contribution >= 0.6 is 12.2 Å². The second-order valence-electron chi connectivity index (χ2n) is 6.99. The quantitative estimate of drug-likeness (QED) is 0.445. The van der Waals surface area contributed by atoms with Gasteiger partial charge in [0, 0.05) is 12.1 Å². The Labute approximate surface area is 167 Å². The highest BCUT2D eigenvalue weighted by Crippen LogP contribution is 2.24. The van der Waals surface area contributed by atoms with Crippen LogP contribution in [0.3, 0.4) is 0 Å². The Balaban J connectivity index is 1.88. The number of halogens is 1. The Morgan fingerprint density at radius 2 is 1.86 bits per heavy atom. The van der Waals surface area contributed by atoms with Gasteiger partial charge in [0.1, 0.15) is 11.6 Å². The van der Waals surface area contributed by atoms with Crippen molar-refractivity contribution in [1.29, 1.82) is 0 Å². The highest BCUT2D eigenvalue weighted by molar-refractivity contribution is 7.80. The molecule has 2 rings (SSSR count). The minimum atomic E-state index is -0.739. The number of benzene rings is 2. The number of nitrogens with zero attached hydrogens (tertiary/aromatic N) is 1. The molecular formula is C19H20FN3O4S. The standard InChI is InChI=1S/C19H20FN3O4S/c1-19(2,3)12-4-7-14(8-5-12)27-11-17(24)22-18(28)21-16-10-13(23(25)26)6-9-15(16)20/h4-10H,11H2,1-3H3,(H2,21,22,24,28). The molecule has 0 unspecified atom stereocenters. The van der Waals surface area contributed by atoms with Crippen molar-refractivity contribution in [3.05, 3.63) is 64.0 Å². The van der Waals surface area contributed by atoms with Crippen LogP contribution in [0.15, 0.2) is 42.5 Å². The molecule has 2 N–H and O–H groups in total. The fraction of sp³-hybridized carbons (Fsp3) is 0.263. The van der Waals surface area contributed by atoms with Gasteiger partial charge < -0.3 is 10.1 Å². The van der Waals surface area contributed by atoms with Crippen LogP contribution in [0.1, 0.15) is 26.3 Å². The maximum atomic E-state index is 13.7. The molecule has 0 heterocycles. The summed E-state index contributed by atoms with van der Waals surface area (Å²) in [6, 6.07) is 10.3. The topological polar surface area (TPSA) is 93.5 Å². The first-order chi connectivity index (χ1) is 13.1. The molecule has 0 aliphatic heterocycles. The Bertz CT molecular complexity index is 895. The highest BCUT2D eigenvalue weighted by atomic mass is 32.1. The molecule has 0 saturated carbocycles. The first-order valence-corrected chi connectivity index (χ1v) is 8.75. The van der Waals surface area contributed by atoms with Crippen molar-refractivity contribution < 1.29 is 18.8 Å². The average molecular weight is 405 g/mol. The van der Waals surface area contributed by atoms with Crippen molar-refractivity contribution in [2.75, 3.05) is 11.9 Å². The molecule has 2 aromatic rings. The number of carbonyl (C=O) groups is 1. The van der Waals surface area contributed by atoms with Crippen molar-refractivity contribution in [2.24, 2.45) is 0 Å². The molecule has 0 saturated heterocycles. The largest absolute Gasteiger partial charge is 0.484 e. The molecule has 0 spiro atoms. The lowest BCUT2D eigenvalue weighted by molar-refractivity contribution is -0.384. The molecule has 9 heteroatoms. The number of nitro groups is 1. The first-order valence-electron chi connectivity index (χ1n) is 8.34. The van der Waals surface area contributed by atoms with Crippen LogP contribution in [0.2, 0.25) is 0 Å². The second kappa shape index (κ2) is 8.75. The maximum Gasteiger partial charge on any atom is 0.271 e. The number of hydrogen-bond acceptors (Lipinski definition) is 5. The van der Waals surface area contributed by atoms with Gasteiger partial charge in [0.25, 0.3) is 11.6 Å². The highest BCUT2D eigenvalue weighted by Gasteiger charge is 2.14. The lowest BCUT2D eigenvalue weighted by Gasteiger charge is -2.19. The van der Waals surface area contributed by atoms with Gasteiger partial charge in [-0.2, -0.15) is 0 Å². The number of non-ortho nitro benzene ring substituents is 1. The SMILES string of the molecule is CC(C)(C)c1ccc(OCC(=O)NC(=S)Nc2cc([N+](=O)[O-])ccc2F)cc1. The summed E-state index contributed by atoms with van der Waals surface area (Å²) in [5.74, 6) is -0.771. The van der Waals surface area contributed by atoms with Gasteiger partial charge in [0.15, 0.2) is 11.7 Å². The Hall–Kier alpha value is -3.07. The molecule has 0 aliphatic rings. The summed E-state index contributed by atoms with van der Waals surface area (Å²) in [5.41, 5.74) is 0.627. The van der Waals surface area contributed by atoms with Crippen LogP contribution in [0, 0.1) is 15.9 Å². The van der Waals surface area contributed by atoms with E-state index in [9.17, 15) is 19.3 Å². The molecule has 28 heavy (non-hydrogen) atoms. The number of anilines is 1. The molecule has 0 aromatic heterocycles. The fourth-order valence-corrected chi connectivity index (χ4v) is 2.46. The summed E-state index contributed by atoms with van der Waals surface area (Å²) in [7, 11) is 0. The van der Waals surface area contributed by atoms with Crippen LogP contribution in [-0.2, 0) is 10.2 Å². The van der Waals surface area contributed by atoms with E-state index in [1.165, 1.54) is 0 Å². The average Bonchev–Trinajstić information content (AvgIpc) is 2.61. The molecule has 7 nitrogen and oxygen atoms in total. The zero-order valence-corrected chi connectivity index (χ0v) is 16.4. The molecule has 0 fully saturated rings. The third-order valence-corrected chi connectivity index (χ3v) is 3.96. The second-order valence-corrected chi connectivity index (χ2v) is 7.39. The van der Waals surface area contributed by atoms with E-state index in [4.69, 9.17) is 17.0 Å². The summed E-state index contributed by atoms with van der Waals surface area (Å²) < 4.78 is 19.1. The Morgan fingerprint density at radius 3 is 2.43 bits per heavy atom. The molecule has 0 atom stereocenters. The molecule has 0 radical (unpaired) electrons. The van der Waals surface area contributed by atoms with Crippen molar-refractivity contribution >= 4 is 34.6 Å². The van der Waals surface area contributed by atoms with Gasteiger partial charge in [-0.15, -0.1) is 0 Å². The lowest BCUT2D eigenvalue weighted by Crippen LogP contribution is -2.37. The van der Waals surface area contributed by atoms with Crippen LogP contribution in [0.4, 0.5) is 15.8 Å². The van der Waals surface area contributed by atoms with E-state index in [-0.39, 0.29) is 28.5 Å². The van der Waals surface area contributed by atoms with E-state index in [1.54, 1.807) is 12.1 Å². The van der Waals surface area contributed by atoms with Crippen LogP contribution in [-0.4, -0.2) is 22.5 Å². The third kappa shape index (κ3) is 5.98. The molecule has 0 aliphatic carbocycles. The van der Waals surface area contributed by atoms with E-state index < -0.39 is 16.6 Å². The zero-order valence-electron chi connectivity index (χ0n) is 15.6. The van der Waals surface area contributed by atoms with E-state index >= 15 is 0 Å². The van der Waals surface area contributed by atoms with E-state index in [2.05, 4.69) is 31.4 Å². The molecular weight excluding hydrogens is 385 g/mol. The van der Waals surface area contributed by atoms with Gasteiger partial charge in [-0.05, 0) is 41.4 Å². The Morgan fingerprint density at radius 1 is 1.21 bits per heavy atom. The number of ether oxygens (including phenoxy) is 1. The number of rotatable bonds is 5. The molecule has 148 valence electrons. The maximum absolute atomic E-state index is 13.7. The summed E-state index contributed by atoms with van der Waals surface area (Å²) in [5, 5.41) is 15.3. The van der Waals surface area contributed by atoms with Gasteiger partial charge in [0.2, 0.25) is 0 Å². The van der Waals surface area contributed by atoms with Gasteiger partial charge in [-0.1, -0.05) is 32.9 Å². The van der Waals surface area contributed by atoms with Crippen molar-refractivity contribution in [1.82, 2.24) is 5.32 Å². The van der Waals surface area contributed by atoms with Crippen LogP contribution in [0.25, 0.3) is 0 Å². The normalized spacial score (nSPS) is 10.9. The van der Waals surface area contributed by atoms with Crippen molar-refractivity contribution in [3.63, 3.8) is 0 Å². The molecule has 2 aromatic carbocycles. The number of nitro benzene ring substituents is 1. The first kappa shape index (κ1) is 21.2. The number of thiocarbonyl (C=S) groups is 1. The summed E-state index contributed by atoms with van der Waals surface area (Å²) in [6.45, 7) is 5.98.